The fourth-order valence-electron chi connectivity index (χ4n) is 4.43. The number of hydrogen-bond acceptors (Lipinski definition) is 4. The first-order chi connectivity index (χ1) is 16.1. The number of allylic oxidation sites excluding steroid dienone is 2. The van der Waals surface area contributed by atoms with E-state index < -0.39 is 41.4 Å². The Labute approximate surface area is 212 Å². The lowest BCUT2D eigenvalue weighted by Crippen LogP contribution is -2.56. The van der Waals surface area contributed by atoms with Crippen LogP contribution in [0.5, 0.6) is 0 Å². The van der Waals surface area contributed by atoms with Gasteiger partial charge in [0.1, 0.15) is 6.04 Å². The van der Waals surface area contributed by atoms with Crippen LogP contribution in [0.4, 0.5) is 0 Å². The molecule has 1 saturated heterocycles. The number of fused-ring (bicyclic) bond motifs is 1. The van der Waals surface area contributed by atoms with Gasteiger partial charge in [0.25, 0.3) is 17.7 Å². The minimum absolute atomic E-state index is 0.0200. The smallest absolute Gasteiger partial charge is 0.275 e. The van der Waals surface area contributed by atoms with E-state index in [1.54, 1.807) is 12.1 Å². The van der Waals surface area contributed by atoms with E-state index in [1.165, 1.54) is 37.3 Å². The normalized spacial score (nSPS) is 20.6. The van der Waals surface area contributed by atoms with E-state index in [9.17, 15) is 19.2 Å². The predicted molar refractivity (Wildman–Crippen MR) is 130 cm³/mol. The molecule has 2 aromatic rings. The van der Waals surface area contributed by atoms with Crippen LogP contribution in [0.2, 0.25) is 15.1 Å². The van der Waals surface area contributed by atoms with Crippen molar-refractivity contribution in [2.24, 2.45) is 11.8 Å². The van der Waals surface area contributed by atoms with Gasteiger partial charge >= 0.3 is 0 Å². The highest BCUT2D eigenvalue weighted by Gasteiger charge is 2.53. The van der Waals surface area contributed by atoms with Gasteiger partial charge < -0.3 is 0 Å². The summed E-state index contributed by atoms with van der Waals surface area (Å²) in [5, 5.41) is 2.58. The molecule has 9 heteroatoms. The average molecular weight is 520 g/mol. The Kier molecular flexibility index (Phi) is 6.85. The van der Waals surface area contributed by atoms with Crippen molar-refractivity contribution in [3.8, 4) is 0 Å². The number of imide groups is 1. The number of hydrogen-bond donors (Lipinski definition) is 0. The third-order valence-corrected chi connectivity index (χ3v) is 7.06. The van der Waals surface area contributed by atoms with Crippen LogP contribution in [-0.4, -0.2) is 39.6 Å². The molecule has 0 saturated carbocycles. The molecule has 0 spiro atoms. The van der Waals surface area contributed by atoms with Crippen LogP contribution in [0.15, 0.2) is 54.1 Å². The molecule has 2 aromatic carbocycles. The largest absolute Gasteiger partial charge is 0.292 e. The minimum atomic E-state index is -1.18. The summed E-state index contributed by atoms with van der Waals surface area (Å²) in [6.07, 6.45) is 2.76. The molecule has 6 nitrogen and oxygen atoms in total. The van der Waals surface area contributed by atoms with Gasteiger partial charge in [0.15, 0.2) is 5.78 Å². The molecule has 1 heterocycles. The number of carbonyl (C=O) groups excluding carboxylic acids is 4. The van der Waals surface area contributed by atoms with Gasteiger partial charge in [-0.15, -0.1) is 0 Å². The topological polar surface area (TPSA) is 74.8 Å². The Morgan fingerprint density at radius 1 is 0.971 bits per heavy atom. The number of benzene rings is 2. The molecule has 0 bridgehead atoms. The Balaban J connectivity index is 1.77. The summed E-state index contributed by atoms with van der Waals surface area (Å²) in [4.78, 5) is 53.9. The number of rotatable bonds is 5. The summed E-state index contributed by atoms with van der Waals surface area (Å²) in [7, 11) is 0. The summed E-state index contributed by atoms with van der Waals surface area (Å²) in [5.74, 6) is -3.37. The van der Waals surface area contributed by atoms with Crippen molar-refractivity contribution in [1.29, 1.82) is 0 Å². The molecule has 3 atom stereocenters. The van der Waals surface area contributed by atoms with E-state index in [0.29, 0.717) is 22.9 Å². The zero-order valence-electron chi connectivity index (χ0n) is 18.4. The number of amides is 3. The molecule has 176 valence electrons. The number of ketones is 1. The summed E-state index contributed by atoms with van der Waals surface area (Å²) in [6.45, 7) is 3.38. The van der Waals surface area contributed by atoms with E-state index in [1.807, 2.05) is 13.0 Å². The lowest BCUT2D eigenvalue weighted by Gasteiger charge is -2.35. The molecule has 1 aliphatic carbocycles. The fourth-order valence-corrected chi connectivity index (χ4v) is 5.04. The van der Waals surface area contributed by atoms with Crippen molar-refractivity contribution in [3.63, 3.8) is 0 Å². The Hall–Kier alpha value is -2.67. The molecule has 0 aromatic heterocycles. The predicted octanol–water partition coefficient (Wildman–Crippen LogP) is 5.62. The van der Waals surface area contributed by atoms with Gasteiger partial charge in [0.05, 0.1) is 22.4 Å². The molecule has 1 aliphatic heterocycles. The van der Waals surface area contributed by atoms with Crippen LogP contribution < -0.4 is 0 Å². The van der Waals surface area contributed by atoms with E-state index in [0.717, 1.165) is 15.6 Å². The summed E-state index contributed by atoms with van der Waals surface area (Å²) < 4.78 is 0. The number of hydrazine groups is 1. The van der Waals surface area contributed by atoms with Gasteiger partial charge in [-0.3, -0.25) is 19.2 Å². The van der Waals surface area contributed by atoms with Crippen molar-refractivity contribution in [2.75, 3.05) is 0 Å². The lowest BCUT2D eigenvalue weighted by atomic mass is 9.82. The third-order valence-electron chi connectivity index (χ3n) is 6.26. The van der Waals surface area contributed by atoms with E-state index >= 15 is 0 Å². The van der Waals surface area contributed by atoms with Crippen molar-refractivity contribution in [3.05, 3.63) is 80.3 Å². The van der Waals surface area contributed by atoms with Crippen molar-refractivity contribution in [2.45, 2.75) is 32.7 Å². The Morgan fingerprint density at radius 3 is 2.24 bits per heavy atom. The Bertz CT molecular complexity index is 1230. The standard InChI is InChI=1S/C25H21Cl3N2O4/c1-13-3-9-18-20(11-13)25(34)30(23(18)32)29(24(33)19-10-8-17(27)12-21(19)28)14(2)22(31)15-4-6-16(26)7-5-15/h3-8,10,12,14,18,20H,9,11H2,1-2H3/t14-,18-,20-/m0/s1. The Morgan fingerprint density at radius 2 is 1.59 bits per heavy atom. The van der Waals surface area contributed by atoms with E-state index in [2.05, 4.69) is 0 Å². The number of halogens is 3. The monoisotopic (exact) mass is 518 g/mol. The van der Waals surface area contributed by atoms with Crippen molar-refractivity contribution >= 4 is 58.3 Å². The number of Topliss-reactive ketones (excluding diaryl/α,β-unsaturated/α-hetero) is 1. The van der Waals surface area contributed by atoms with Crippen LogP contribution >= 0.6 is 34.8 Å². The first-order valence-electron chi connectivity index (χ1n) is 10.7. The zero-order chi connectivity index (χ0) is 24.7. The summed E-state index contributed by atoms with van der Waals surface area (Å²) in [6, 6.07) is 9.26. The van der Waals surface area contributed by atoms with Crippen molar-refractivity contribution in [1.82, 2.24) is 10.0 Å². The van der Waals surface area contributed by atoms with Gasteiger partial charge in [0, 0.05) is 15.6 Å². The van der Waals surface area contributed by atoms with Crippen LogP contribution in [0, 0.1) is 11.8 Å². The highest BCUT2D eigenvalue weighted by Crippen LogP contribution is 2.39. The molecule has 4 rings (SSSR count). The molecule has 0 N–H and O–H groups in total. The second-order valence-electron chi connectivity index (χ2n) is 8.51. The molecule has 0 radical (unpaired) electrons. The molecular weight excluding hydrogens is 499 g/mol. The minimum Gasteiger partial charge on any atom is -0.292 e. The van der Waals surface area contributed by atoms with Gasteiger partial charge in [0.2, 0.25) is 0 Å². The molecule has 3 amide bonds. The van der Waals surface area contributed by atoms with Crippen LogP contribution in [-0.2, 0) is 9.59 Å². The van der Waals surface area contributed by atoms with Crippen molar-refractivity contribution < 1.29 is 19.2 Å². The zero-order valence-corrected chi connectivity index (χ0v) is 20.7. The maximum absolute atomic E-state index is 13.7. The van der Waals surface area contributed by atoms with Crippen LogP contribution in [0.3, 0.4) is 0 Å². The maximum atomic E-state index is 13.7. The SMILES string of the molecule is CC1=CC[C@@H]2C(=O)N(N(C(=O)c3ccc(Cl)cc3Cl)[C@@H](C)C(=O)c3ccc(Cl)cc3)C(=O)[C@H]2C1. The first kappa shape index (κ1) is 24.5. The maximum Gasteiger partial charge on any atom is 0.275 e. The average Bonchev–Trinajstić information content (AvgIpc) is 3.03. The lowest BCUT2D eigenvalue weighted by molar-refractivity contribution is -0.156. The number of nitrogens with zero attached hydrogens (tertiary/aromatic N) is 2. The third kappa shape index (κ3) is 4.38. The van der Waals surface area contributed by atoms with Crippen LogP contribution in [0.25, 0.3) is 0 Å². The number of carbonyl (C=O) groups is 4. The molecule has 1 fully saturated rings. The molecule has 2 aliphatic rings. The highest BCUT2D eigenvalue weighted by molar-refractivity contribution is 6.37. The second kappa shape index (κ2) is 9.53. The van der Waals surface area contributed by atoms with Gasteiger partial charge in [-0.25, -0.2) is 5.01 Å². The van der Waals surface area contributed by atoms with Gasteiger partial charge in [-0.05, 0) is 69.2 Å². The van der Waals surface area contributed by atoms with Crippen LogP contribution in [0.1, 0.15) is 47.4 Å². The quantitative estimate of drug-likeness (QED) is 0.292. The molecule has 34 heavy (non-hydrogen) atoms. The van der Waals surface area contributed by atoms with E-state index in [-0.39, 0.29) is 16.1 Å². The van der Waals surface area contributed by atoms with E-state index in [4.69, 9.17) is 34.8 Å². The summed E-state index contributed by atoms with van der Waals surface area (Å²) in [5.41, 5.74) is 1.31. The molecule has 0 unspecified atom stereocenters. The molecular formula is C25H21Cl3N2O4. The highest BCUT2D eigenvalue weighted by atomic mass is 35.5. The fraction of sp³-hybridized carbons (Fsp3) is 0.280. The first-order valence-corrected chi connectivity index (χ1v) is 11.8. The second-order valence-corrected chi connectivity index (χ2v) is 9.79. The van der Waals surface area contributed by atoms with Gasteiger partial charge in [-0.2, -0.15) is 5.01 Å². The van der Waals surface area contributed by atoms with Gasteiger partial charge in [-0.1, -0.05) is 46.5 Å². The summed E-state index contributed by atoms with van der Waals surface area (Å²) >= 11 is 18.2.